The molecule has 0 N–H and O–H groups in total. The number of hydrogen-bond donors (Lipinski definition) is 0. The Morgan fingerprint density at radius 3 is 1.61 bits per heavy atom. The fraction of sp³-hybridized carbons (Fsp3) is 0.0508. The first-order valence-corrected chi connectivity index (χ1v) is 21.3. The van der Waals surface area contributed by atoms with Crippen molar-refractivity contribution in [2.24, 2.45) is 0 Å². The zero-order chi connectivity index (χ0) is 40.6. The van der Waals surface area contributed by atoms with Crippen molar-refractivity contribution in [3.05, 3.63) is 271 Å². The van der Waals surface area contributed by atoms with Crippen LogP contribution < -0.4 is 4.90 Å². The Kier molecular flexibility index (Phi) is 9.24. The Bertz CT molecular complexity index is 3130. The lowest BCUT2D eigenvalue weighted by molar-refractivity contribution is 0.679. The van der Waals surface area contributed by atoms with Gasteiger partial charge >= 0.3 is 0 Å². The van der Waals surface area contributed by atoms with Crippen LogP contribution in [-0.2, 0) is 5.41 Å². The Balaban J connectivity index is 1.06. The third kappa shape index (κ3) is 6.36. The van der Waals surface area contributed by atoms with Gasteiger partial charge in [0.2, 0.25) is 0 Å². The molecule has 2 nitrogen and oxygen atoms in total. The van der Waals surface area contributed by atoms with Crippen LogP contribution in [-0.4, -0.2) is 4.57 Å². The lowest BCUT2D eigenvalue weighted by Crippen LogP contribution is -2.32. The van der Waals surface area contributed by atoms with Crippen LogP contribution in [0.15, 0.2) is 248 Å². The molecule has 290 valence electrons. The van der Waals surface area contributed by atoms with Gasteiger partial charge in [0, 0.05) is 33.5 Å². The molecule has 0 radical (unpaired) electrons. The molecule has 1 aliphatic rings. The Hall–Kier alpha value is -7.68. The fourth-order valence-electron chi connectivity index (χ4n) is 9.87. The van der Waals surface area contributed by atoms with Gasteiger partial charge in [0.05, 0.1) is 16.4 Å². The van der Waals surface area contributed by atoms with Gasteiger partial charge in [0.1, 0.15) is 0 Å². The van der Waals surface area contributed by atoms with Crippen molar-refractivity contribution in [2.45, 2.75) is 18.3 Å². The molecule has 9 aromatic carbocycles. The van der Waals surface area contributed by atoms with Crippen LogP contribution in [0, 0.1) is 0 Å². The fourth-order valence-corrected chi connectivity index (χ4v) is 9.87. The molecule has 1 heterocycles. The topological polar surface area (TPSA) is 8.17 Å². The van der Waals surface area contributed by atoms with E-state index in [-0.39, 0.29) is 0 Å². The van der Waals surface area contributed by atoms with Gasteiger partial charge in [-0.2, -0.15) is 0 Å². The van der Waals surface area contributed by atoms with E-state index in [2.05, 4.69) is 252 Å². The van der Waals surface area contributed by atoms with Gasteiger partial charge < -0.3 is 9.47 Å². The predicted octanol–water partition coefficient (Wildman–Crippen LogP) is 15.5. The highest BCUT2D eigenvalue weighted by Crippen LogP contribution is 2.49. The van der Waals surface area contributed by atoms with E-state index in [4.69, 9.17) is 0 Å². The quantitative estimate of drug-likeness (QED) is 0.132. The summed E-state index contributed by atoms with van der Waals surface area (Å²) < 4.78 is 2.40. The molecule has 0 spiro atoms. The second kappa shape index (κ2) is 15.5. The molecule has 11 rings (SSSR count). The SMILES string of the molecule is C1=C(c2cccc(N(c3ccc4ccccc4c3)c3ccc4c5ccccc5n(-c5ccccc5)c4c3)c2)CCC(C(c2ccccc2)(c2ccccc2)c2ccccc2)=C1. The summed E-state index contributed by atoms with van der Waals surface area (Å²) in [7, 11) is 0. The molecule has 1 aromatic heterocycles. The van der Waals surface area contributed by atoms with Crippen LogP contribution in [0.5, 0.6) is 0 Å². The monoisotopic (exact) mass is 780 g/mol. The summed E-state index contributed by atoms with van der Waals surface area (Å²) in [6.07, 6.45) is 6.66. The van der Waals surface area contributed by atoms with Crippen molar-refractivity contribution in [3.63, 3.8) is 0 Å². The van der Waals surface area contributed by atoms with E-state index in [1.165, 1.54) is 66.0 Å². The van der Waals surface area contributed by atoms with Crippen molar-refractivity contribution >= 4 is 55.2 Å². The van der Waals surface area contributed by atoms with Crippen molar-refractivity contribution in [1.29, 1.82) is 0 Å². The van der Waals surface area contributed by atoms with E-state index in [0.29, 0.717) is 0 Å². The molecule has 0 amide bonds. The number of anilines is 3. The van der Waals surface area contributed by atoms with Gasteiger partial charge in [-0.25, -0.2) is 0 Å². The maximum absolute atomic E-state index is 2.43. The molecule has 0 saturated carbocycles. The first-order valence-electron chi connectivity index (χ1n) is 21.3. The Labute approximate surface area is 357 Å². The molecule has 0 fully saturated rings. The number of hydrogen-bond acceptors (Lipinski definition) is 1. The highest BCUT2D eigenvalue weighted by atomic mass is 15.1. The number of fused-ring (bicyclic) bond motifs is 4. The second-order valence-corrected chi connectivity index (χ2v) is 16.0. The zero-order valence-corrected chi connectivity index (χ0v) is 33.9. The van der Waals surface area contributed by atoms with E-state index in [0.717, 1.165) is 35.6 Å². The van der Waals surface area contributed by atoms with Crippen molar-refractivity contribution in [2.75, 3.05) is 4.90 Å². The van der Waals surface area contributed by atoms with E-state index >= 15 is 0 Å². The number of allylic oxidation sites excluding steroid dienone is 4. The van der Waals surface area contributed by atoms with Gasteiger partial charge in [-0.1, -0.05) is 194 Å². The number of nitrogens with zero attached hydrogens (tertiary/aromatic N) is 2. The smallest absolute Gasteiger partial charge is 0.0664 e. The van der Waals surface area contributed by atoms with Crippen molar-refractivity contribution in [3.8, 4) is 5.69 Å². The third-order valence-corrected chi connectivity index (χ3v) is 12.6. The molecular formula is C59H44N2. The Morgan fingerprint density at radius 1 is 0.377 bits per heavy atom. The average Bonchev–Trinajstić information content (AvgIpc) is 3.67. The summed E-state index contributed by atoms with van der Waals surface area (Å²) in [5.74, 6) is 0. The average molecular weight is 781 g/mol. The first-order chi connectivity index (χ1) is 30.3. The molecule has 0 atom stereocenters. The van der Waals surface area contributed by atoms with E-state index in [1.54, 1.807) is 0 Å². The third-order valence-electron chi connectivity index (χ3n) is 12.6. The molecule has 10 aromatic rings. The highest BCUT2D eigenvalue weighted by molar-refractivity contribution is 6.10. The van der Waals surface area contributed by atoms with E-state index in [9.17, 15) is 0 Å². The summed E-state index contributed by atoms with van der Waals surface area (Å²) in [6.45, 7) is 0. The minimum absolute atomic E-state index is 0.415. The highest BCUT2D eigenvalue weighted by Gasteiger charge is 2.40. The van der Waals surface area contributed by atoms with Crippen LogP contribution in [0.25, 0.3) is 43.8 Å². The largest absolute Gasteiger partial charge is 0.310 e. The van der Waals surface area contributed by atoms with Crippen LogP contribution >= 0.6 is 0 Å². The number of para-hydroxylation sites is 2. The molecule has 0 unspecified atom stereocenters. The summed E-state index contributed by atoms with van der Waals surface area (Å²) in [5, 5.41) is 4.93. The number of aromatic nitrogens is 1. The molecule has 1 aliphatic carbocycles. The van der Waals surface area contributed by atoms with Crippen LogP contribution in [0.3, 0.4) is 0 Å². The molecule has 61 heavy (non-hydrogen) atoms. The first kappa shape index (κ1) is 36.4. The number of benzene rings is 9. The van der Waals surface area contributed by atoms with Crippen LogP contribution in [0.2, 0.25) is 0 Å². The Morgan fingerprint density at radius 2 is 0.934 bits per heavy atom. The van der Waals surface area contributed by atoms with Gasteiger partial charge in [0.15, 0.2) is 0 Å². The molecule has 2 heteroatoms. The van der Waals surface area contributed by atoms with Crippen molar-refractivity contribution in [1.82, 2.24) is 4.57 Å². The lowest BCUT2D eigenvalue weighted by Gasteiger charge is -2.39. The molecular weight excluding hydrogens is 737 g/mol. The summed E-state index contributed by atoms with van der Waals surface area (Å²) in [6, 6.07) is 84.2. The van der Waals surface area contributed by atoms with Crippen LogP contribution in [0.4, 0.5) is 17.1 Å². The number of rotatable bonds is 9. The van der Waals surface area contributed by atoms with E-state index < -0.39 is 5.41 Å². The van der Waals surface area contributed by atoms with Crippen LogP contribution in [0.1, 0.15) is 35.1 Å². The molecule has 0 aliphatic heterocycles. The summed E-state index contributed by atoms with van der Waals surface area (Å²) >= 11 is 0. The zero-order valence-electron chi connectivity index (χ0n) is 33.9. The van der Waals surface area contributed by atoms with Gasteiger partial charge in [-0.05, 0) is 106 Å². The van der Waals surface area contributed by atoms with Gasteiger partial charge in [-0.15, -0.1) is 0 Å². The minimum atomic E-state index is -0.415. The maximum Gasteiger partial charge on any atom is 0.0664 e. The van der Waals surface area contributed by atoms with E-state index in [1.807, 2.05) is 0 Å². The molecule has 0 bridgehead atoms. The predicted molar refractivity (Wildman–Crippen MR) is 257 cm³/mol. The second-order valence-electron chi connectivity index (χ2n) is 16.0. The van der Waals surface area contributed by atoms with Crippen molar-refractivity contribution < 1.29 is 0 Å². The minimum Gasteiger partial charge on any atom is -0.310 e. The standard InChI is InChI=1S/C59H44N2/c1-5-21-47(22-6-1)59(48-23-7-2-8-24-48,49-25-9-3-10-26-49)50-35-32-44(33-36-50)46-20-17-29-52(40-46)60(53-37-34-43-18-13-14-19-45(43)41-53)54-38-39-56-55-30-15-16-31-57(55)61(58(56)42-54)51-27-11-4-12-28-51/h1-32,34-35,37-42H,33,36H2. The lowest BCUT2D eigenvalue weighted by atomic mass is 9.62. The van der Waals surface area contributed by atoms with Gasteiger partial charge in [0.25, 0.3) is 0 Å². The molecule has 0 saturated heterocycles. The maximum atomic E-state index is 2.43. The van der Waals surface area contributed by atoms with Gasteiger partial charge in [-0.3, -0.25) is 0 Å². The summed E-state index contributed by atoms with van der Waals surface area (Å²) in [4.78, 5) is 2.43. The summed E-state index contributed by atoms with van der Waals surface area (Å²) in [5.41, 5.74) is 14.3. The normalized spacial score (nSPS) is 13.0.